The van der Waals surface area contributed by atoms with Crippen LogP contribution in [0.1, 0.15) is 43.1 Å². The SMILES string of the molecule is CC[C@H](C)c1nc2ccc(Br)cc2c(=O)n1N=Cc1cccc(OC)c1OCc1ccccc1Cl. The lowest BCUT2D eigenvalue weighted by Gasteiger charge is -2.15. The van der Waals surface area contributed by atoms with Crippen LogP contribution in [0.4, 0.5) is 0 Å². The number of fused-ring (bicyclic) bond motifs is 1. The molecule has 0 spiro atoms. The molecule has 0 aliphatic carbocycles. The Morgan fingerprint density at radius 2 is 1.97 bits per heavy atom. The van der Waals surface area contributed by atoms with Crippen molar-refractivity contribution in [3.05, 3.63) is 97.5 Å². The summed E-state index contributed by atoms with van der Waals surface area (Å²) in [5.74, 6) is 1.70. The molecular weight excluding hydrogens is 530 g/mol. The monoisotopic (exact) mass is 553 g/mol. The van der Waals surface area contributed by atoms with Crippen molar-refractivity contribution in [2.24, 2.45) is 5.10 Å². The van der Waals surface area contributed by atoms with Crippen LogP contribution >= 0.6 is 27.5 Å². The van der Waals surface area contributed by atoms with Gasteiger partial charge in [0.2, 0.25) is 0 Å². The van der Waals surface area contributed by atoms with Crippen molar-refractivity contribution in [3.63, 3.8) is 0 Å². The molecule has 35 heavy (non-hydrogen) atoms. The Balaban J connectivity index is 1.78. The van der Waals surface area contributed by atoms with Gasteiger partial charge in [0.15, 0.2) is 11.5 Å². The van der Waals surface area contributed by atoms with E-state index in [1.54, 1.807) is 19.4 Å². The number of para-hydroxylation sites is 1. The second-order valence-corrected chi connectivity index (χ2v) is 9.38. The average Bonchev–Trinajstić information content (AvgIpc) is 2.87. The summed E-state index contributed by atoms with van der Waals surface area (Å²) in [6, 6.07) is 18.5. The van der Waals surface area contributed by atoms with Crippen molar-refractivity contribution < 1.29 is 9.47 Å². The van der Waals surface area contributed by atoms with Gasteiger partial charge in [0.25, 0.3) is 5.56 Å². The highest BCUT2D eigenvalue weighted by Crippen LogP contribution is 2.31. The zero-order valence-corrected chi connectivity index (χ0v) is 22.0. The van der Waals surface area contributed by atoms with Crippen molar-refractivity contribution in [2.45, 2.75) is 32.8 Å². The Morgan fingerprint density at radius 3 is 2.71 bits per heavy atom. The summed E-state index contributed by atoms with van der Waals surface area (Å²) < 4.78 is 13.8. The van der Waals surface area contributed by atoms with Crippen LogP contribution < -0.4 is 15.0 Å². The number of hydrogen-bond donors (Lipinski definition) is 0. The Kier molecular flexibility index (Phi) is 7.88. The predicted octanol–water partition coefficient (Wildman–Crippen LogP) is 6.80. The lowest BCUT2D eigenvalue weighted by Crippen LogP contribution is -2.23. The summed E-state index contributed by atoms with van der Waals surface area (Å²) in [6.07, 6.45) is 2.42. The second-order valence-electron chi connectivity index (χ2n) is 8.06. The first-order valence-corrected chi connectivity index (χ1v) is 12.4. The fourth-order valence-electron chi connectivity index (χ4n) is 3.61. The molecule has 180 valence electrons. The van der Waals surface area contributed by atoms with Crippen molar-refractivity contribution in [2.75, 3.05) is 7.11 Å². The van der Waals surface area contributed by atoms with Gasteiger partial charge in [-0.25, -0.2) is 4.98 Å². The number of nitrogens with zero attached hydrogens (tertiary/aromatic N) is 3. The molecule has 6 nitrogen and oxygen atoms in total. The van der Waals surface area contributed by atoms with Gasteiger partial charge < -0.3 is 9.47 Å². The molecule has 0 bridgehead atoms. The van der Waals surface area contributed by atoms with E-state index in [1.807, 2.05) is 61.5 Å². The van der Waals surface area contributed by atoms with Gasteiger partial charge in [-0.1, -0.05) is 65.6 Å². The summed E-state index contributed by atoms with van der Waals surface area (Å²) in [6.45, 7) is 4.34. The molecule has 4 aromatic rings. The van der Waals surface area contributed by atoms with Crippen LogP contribution in [0.15, 0.2) is 75.0 Å². The molecule has 0 saturated carbocycles. The molecular formula is C27H25BrClN3O3. The van der Waals surface area contributed by atoms with E-state index in [9.17, 15) is 4.79 Å². The predicted molar refractivity (Wildman–Crippen MR) is 144 cm³/mol. The van der Waals surface area contributed by atoms with Gasteiger partial charge in [0, 0.05) is 26.5 Å². The molecule has 0 unspecified atom stereocenters. The number of ether oxygens (including phenoxy) is 2. The second kappa shape index (κ2) is 11.1. The third-order valence-electron chi connectivity index (χ3n) is 5.76. The minimum Gasteiger partial charge on any atom is -0.493 e. The van der Waals surface area contributed by atoms with Crippen molar-refractivity contribution >= 4 is 44.6 Å². The first-order valence-electron chi connectivity index (χ1n) is 11.2. The van der Waals surface area contributed by atoms with Crippen LogP contribution in [0.3, 0.4) is 0 Å². The summed E-state index contributed by atoms with van der Waals surface area (Å²) in [5.41, 5.74) is 1.92. The molecule has 0 saturated heterocycles. The Labute approximate surface area is 217 Å². The first-order chi connectivity index (χ1) is 16.9. The van der Waals surface area contributed by atoms with Crippen molar-refractivity contribution in [1.82, 2.24) is 9.66 Å². The standard InChI is InChI=1S/C27H25BrClN3O3/c1-4-17(2)26-31-23-13-12-20(28)14-21(23)27(33)32(26)30-15-18-9-7-11-24(34-3)25(18)35-16-19-8-5-6-10-22(19)29/h5-15,17H,4,16H2,1-3H3/t17-/m0/s1. The third-order valence-corrected chi connectivity index (χ3v) is 6.62. The maximum absolute atomic E-state index is 13.4. The molecule has 1 heterocycles. The molecule has 1 aromatic heterocycles. The van der Waals surface area contributed by atoms with E-state index < -0.39 is 0 Å². The number of aromatic nitrogens is 2. The Morgan fingerprint density at radius 1 is 1.17 bits per heavy atom. The van der Waals surface area contributed by atoms with E-state index in [0.717, 1.165) is 16.5 Å². The summed E-state index contributed by atoms with van der Waals surface area (Å²) in [7, 11) is 1.58. The van der Waals surface area contributed by atoms with Crippen LogP contribution in [0.25, 0.3) is 10.9 Å². The Bertz CT molecular complexity index is 1450. The number of methoxy groups -OCH3 is 1. The summed E-state index contributed by atoms with van der Waals surface area (Å²) in [4.78, 5) is 18.2. The van der Waals surface area contributed by atoms with Gasteiger partial charge in [-0.3, -0.25) is 4.79 Å². The highest BCUT2D eigenvalue weighted by molar-refractivity contribution is 9.10. The van der Waals surface area contributed by atoms with Crippen LogP contribution in [0.2, 0.25) is 5.02 Å². The zero-order chi connectivity index (χ0) is 24.9. The van der Waals surface area contributed by atoms with Crippen LogP contribution in [0, 0.1) is 0 Å². The third kappa shape index (κ3) is 5.41. The van der Waals surface area contributed by atoms with E-state index in [-0.39, 0.29) is 18.1 Å². The lowest BCUT2D eigenvalue weighted by atomic mass is 10.1. The van der Waals surface area contributed by atoms with E-state index in [1.165, 1.54) is 4.68 Å². The molecule has 0 N–H and O–H groups in total. The quantitative estimate of drug-likeness (QED) is 0.225. The molecule has 0 aliphatic heterocycles. The average molecular weight is 555 g/mol. The molecule has 0 radical (unpaired) electrons. The highest BCUT2D eigenvalue weighted by atomic mass is 79.9. The number of hydrogen-bond acceptors (Lipinski definition) is 5. The number of benzene rings is 3. The van der Waals surface area contributed by atoms with Crippen molar-refractivity contribution in [3.8, 4) is 11.5 Å². The minimum atomic E-state index is -0.232. The van der Waals surface area contributed by atoms with Crippen LogP contribution in [-0.4, -0.2) is 23.0 Å². The number of rotatable bonds is 8. The maximum Gasteiger partial charge on any atom is 0.282 e. The molecule has 3 aromatic carbocycles. The molecule has 1 atom stereocenters. The van der Waals surface area contributed by atoms with Crippen LogP contribution in [0.5, 0.6) is 11.5 Å². The van der Waals surface area contributed by atoms with E-state index in [4.69, 9.17) is 26.1 Å². The van der Waals surface area contributed by atoms with Crippen molar-refractivity contribution in [1.29, 1.82) is 0 Å². The smallest absolute Gasteiger partial charge is 0.282 e. The normalized spacial score (nSPS) is 12.3. The fourth-order valence-corrected chi connectivity index (χ4v) is 4.17. The maximum atomic E-state index is 13.4. The number of halogens is 2. The molecule has 8 heteroatoms. The Hall–Kier alpha value is -3.16. The van der Waals surface area contributed by atoms with Gasteiger partial charge in [-0.2, -0.15) is 9.78 Å². The minimum absolute atomic E-state index is 0.0362. The lowest BCUT2D eigenvalue weighted by molar-refractivity contribution is 0.284. The molecule has 0 fully saturated rings. The van der Waals surface area contributed by atoms with E-state index in [2.05, 4.69) is 28.0 Å². The zero-order valence-electron chi connectivity index (χ0n) is 19.7. The molecule has 0 amide bonds. The van der Waals surface area contributed by atoms with Gasteiger partial charge in [-0.05, 0) is 42.8 Å². The first kappa shape index (κ1) is 24.9. The van der Waals surface area contributed by atoms with Gasteiger partial charge in [0.05, 0.1) is 24.2 Å². The summed E-state index contributed by atoms with van der Waals surface area (Å²) in [5, 5.41) is 5.68. The van der Waals surface area contributed by atoms with Crippen LogP contribution in [-0.2, 0) is 6.61 Å². The topological polar surface area (TPSA) is 65.7 Å². The highest BCUT2D eigenvalue weighted by Gasteiger charge is 2.16. The van der Waals surface area contributed by atoms with Gasteiger partial charge in [-0.15, -0.1) is 0 Å². The fraction of sp³-hybridized carbons (Fsp3) is 0.222. The van der Waals surface area contributed by atoms with E-state index in [0.29, 0.717) is 38.8 Å². The summed E-state index contributed by atoms with van der Waals surface area (Å²) >= 11 is 9.74. The van der Waals surface area contributed by atoms with Gasteiger partial charge in [0.1, 0.15) is 12.4 Å². The largest absolute Gasteiger partial charge is 0.493 e. The van der Waals surface area contributed by atoms with Gasteiger partial charge >= 0.3 is 0 Å². The molecule has 4 rings (SSSR count). The molecule has 0 aliphatic rings. The van der Waals surface area contributed by atoms with E-state index >= 15 is 0 Å².